The summed E-state index contributed by atoms with van der Waals surface area (Å²) in [5, 5.41) is 7.19. The average Bonchev–Trinajstić information content (AvgIpc) is 3.14. The van der Waals surface area contributed by atoms with Crippen molar-refractivity contribution in [3.8, 4) is 0 Å². The summed E-state index contributed by atoms with van der Waals surface area (Å²) in [5.41, 5.74) is -0.948. The first kappa shape index (κ1) is 22.7. The van der Waals surface area contributed by atoms with Crippen LogP contribution in [0.3, 0.4) is 0 Å². The van der Waals surface area contributed by atoms with Crippen molar-refractivity contribution in [2.24, 2.45) is 0 Å². The van der Waals surface area contributed by atoms with Crippen LogP contribution in [0.1, 0.15) is 47.7 Å². The van der Waals surface area contributed by atoms with Gasteiger partial charge in [0, 0.05) is 18.5 Å². The molecule has 0 saturated carbocycles. The molecule has 0 radical (unpaired) electrons. The number of carbonyl (C=O) groups excluding carboxylic acids is 2. The van der Waals surface area contributed by atoms with E-state index in [0.29, 0.717) is 24.5 Å². The highest BCUT2D eigenvalue weighted by Crippen LogP contribution is 2.34. The molecule has 0 aliphatic rings. The lowest BCUT2D eigenvalue weighted by Gasteiger charge is -2.22. The maximum Gasteiger partial charge on any atom is 0.418 e. The number of thiazole rings is 1. The molecule has 0 bridgehead atoms. The van der Waals surface area contributed by atoms with E-state index in [1.165, 1.54) is 34.4 Å². The van der Waals surface area contributed by atoms with E-state index in [1.807, 2.05) is 13.8 Å². The Morgan fingerprint density at radius 2 is 1.90 bits per heavy atom. The maximum atomic E-state index is 13.2. The van der Waals surface area contributed by atoms with Crippen LogP contribution >= 0.6 is 11.3 Å². The summed E-state index contributed by atoms with van der Waals surface area (Å²) in [5.74, 6) is -0.292. The molecule has 1 aromatic carbocycles. The Balaban J connectivity index is 2.11. The quantitative estimate of drug-likeness (QED) is 0.637. The zero-order valence-electron chi connectivity index (χ0n) is 16.2. The summed E-state index contributed by atoms with van der Waals surface area (Å²) in [4.78, 5) is 30.2. The van der Waals surface area contributed by atoms with Crippen molar-refractivity contribution in [2.75, 3.05) is 18.4 Å². The van der Waals surface area contributed by atoms with Crippen LogP contribution in [0.15, 0.2) is 29.6 Å². The van der Waals surface area contributed by atoms with Crippen molar-refractivity contribution < 1.29 is 22.8 Å². The molecule has 0 saturated heterocycles. The third kappa shape index (κ3) is 6.45. The number of nitrogens with one attached hydrogen (secondary N) is 2. The van der Waals surface area contributed by atoms with Gasteiger partial charge in [-0.3, -0.25) is 4.79 Å². The van der Waals surface area contributed by atoms with E-state index in [1.54, 1.807) is 5.38 Å². The number of anilines is 1. The molecule has 0 atom stereocenters. The van der Waals surface area contributed by atoms with Gasteiger partial charge < -0.3 is 15.5 Å². The predicted molar refractivity (Wildman–Crippen MR) is 106 cm³/mol. The molecule has 0 fully saturated rings. The lowest BCUT2D eigenvalue weighted by Crippen LogP contribution is -2.35. The molecule has 2 N–H and O–H groups in total. The van der Waals surface area contributed by atoms with Gasteiger partial charge in [0.15, 0.2) is 0 Å². The van der Waals surface area contributed by atoms with Gasteiger partial charge in [0.2, 0.25) is 0 Å². The van der Waals surface area contributed by atoms with Crippen molar-refractivity contribution in [1.29, 1.82) is 0 Å². The highest BCUT2D eigenvalue weighted by molar-refractivity contribution is 7.09. The summed E-state index contributed by atoms with van der Waals surface area (Å²) >= 11 is 1.22. The van der Waals surface area contributed by atoms with Crippen LogP contribution in [0.25, 0.3) is 0 Å². The first-order chi connectivity index (χ1) is 13.8. The van der Waals surface area contributed by atoms with E-state index in [2.05, 4.69) is 15.6 Å². The molecule has 2 rings (SSSR count). The van der Waals surface area contributed by atoms with Gasteiger partial charge in [-0.15, -0.1) is 11.3 Å². The van der Waals surface area contributed by atoms with E-state index in [-0.39, 0.29) is 23.8 Å². The van der Waals surface area contributed by atoms with Gasteiger partial charge in [0.05, 0.1) is 17.8 Å². The number of hydrogen-bond donors (Lipinski definition) is 2. The first-order valence-corrected chi connectivity index (χ1v) is 10.1. The number of halogens is 3. The molecule has 158 valence electrons. The molecule has 0 aliphatic carbocycles. The fourth-order valence-electron chi connectivity index (χ4n) is 2.54. The van der Waals surface area contributed by atoms with E-state index in [9.17, 15) is 22.8 Å². The largest absolute Gasteiger partial charge is 0.418 e. The van der Waals surface area contributed by atoms with Gasteiger partial charge >= 0.3 is 12.2 Å². The zero-order valence-corrected chi connectivity index (χ0v) is 17.0. The third-order valence-electron chi connectivity index (χ3n) is 3.90. The summed E-state index contributed by atoms with van der Waals surface area (Å²) in [7, 11) is 0. The number of nitrogens with zero attached hydrogens (tertiary/aromatic N) is 2. The van der Waals surface area contributed by atoms with Crippen molar-refractivity contribution in [1.82, 2.24) is 15.2 Å². The topological polar surface area (TPSA) is 74.3 Å². The van der Waals surface area contributed by atoms with E-state index < -0.39 is 17.8 Å². The SMILES string of the molecule is CCCNC(=O)c1csc(CN(CCC)C(=O)Nc2ccccc2C(F)(F)F)n1. The Hall–Kier alpha value is -2.62. The predicted octanol–water partition coefficient (Wildman–Crippen LogP) is 4.75. The molecular weight excluding hydrogens is 405 g/mol. The monoisotopic (exact) mass is 428 g/mol. The minimum Gasteiger partial charge on any atom is -0.351 e. The number of rotatable bonds is 8. The average molecular weight is 428 g/mol. The van der Waals surface area contributed by atoms with Crippen molar-refractivity contribution in [3.63, 3.8) is 0 Å². The van der Waals surface area contributed by atoms with Gasteiger partial charge in [0.1, 0.15) is 10.7 Å². The second-order valence-corrected chi connectivity index (χ2v) is 7.22. The molecular formula is C19H23F3N4O2S. The highest BCUT2D eigenvalue weighted by atomic mass is 32.1. The number of benzene rings is 1. The molecule has 0 unspecified atom stereocenters. The fourth-order valence-corrected chi connectivity index (χ4v) is 3.32. The van der Waals surface area contributed by atoms with E-state index >= 15 is 0 Å². The van der Waals surface area contributed by atoms with Crippen molar-refractivity contribution in [2.45, 2.75) is 39.4 Å². The number of urea groups is 1. The number of amides is 3. The summed E-state index contributed by atoms with van der Waals surface area (Å²) in [6, 6.07) is 4.17. The molecule has 2 aromatic rings. The minimum absolute atomic E-state index is 0.0968. The van der Waals surface area contributed by atoms with E-state index in [0.717, 1.165) is 12.5 Å². The van der Waals surface area contributed by atoms with Crippen molar-refractivity contribution >= 4 is 29.0 Å². The number of carbonyl (C=O) groups is 2. The van der Waals surface area contributed by atoms with Crippen LogP contribution in [-0.4, -0.2) is 34.9 Å². The van der Waals surface area contributed by atoms with Gasteiger partial charge in [0.25, 0.3) is 5.91 Å². The smallest absolute Gasteiger partial charge is 0.351 e. The van der Waals surface area contributed by atoms with Gasteiger partial charge in [-0.05, 0) is 25.0 Å². The number of aromatic nitrogens is 1. The Bertz CT molecular complexity index is 839. The molecule has 29 heavy (non-hydrogen) atoms. The second kappa shape index (κ2) is 10.2. The fraction of sp³-hybridized carbons (Fsp3) is 0.421. The molecule has 10 heteroatoms. The molecule has 1 aromatic heterocycles. The van der Waals surface area contributed by atoms with Gasteiger partial charge in [-0.1, -0.05) is 26.0 Å². The lowest BCUT2D eigenvalue weighted by molar-refractivity contribution is -0.136. The minimum atomic E-state index is -4.57. The molecule has 3 amide bonds. The number of alkyl halides is 3. The van der Waals surface area contributed by atoms with E-state index in [4.69, 9.17) is 0 Å². The molecule has 0 aliphatic heterocycles. The second-order valence-electron chi connectivity index (χ2n) is 6.28. The molecule has 1 heterocycles. The normalized spacial score (nSPS) is 11.2. The van der Waals surface area contributed by atoms with Crippen LogP contribution < -0.4 is 10.6 Å². The van der Waals surface area contributed by atoms with Crippen LogP contribution in [-0.2, 0) is 12.7 Å². The molecule has 0 spiro atoms. The number of para-hydroxylation sites is 1. The Kier molecular flexibility index (Phi) is 8.00. The van der Waals surface area contributed by atoms with Gasteiger partial charge in [-0.2, -0.15) is 13.2 Å². The number of hydrogen-bond acceptors (Lipinski definition) is 4. The lowest BCUT2D eigenvalue weighted by atomic mass is 10.1. The van der Waals surface area contributed by atoms with Crippen LogP contribution in [0.2, 0.25) is 0 Å². The highest BCUT2D eigenvalue weighted by Gasteiger charge is 2.34. The van der Waals surface area contributed by atoms with Gasteiger partial charge in [-0.25, -0.2) is 9.78 Å². The van der Waals surface area contributed by atoms with Crippen LogP contribution in [0, 0.1) is 0 Å². The standard InChI is InChI=1S/C19H23F3N4O2S/c1-3-9-23-17(27)15-12-29-16(24-15)11-26(10-4-2)18(28)25-14-8-6-5-7-13(14)19(20,21)22/h5-8,12H,3-4,9-11H2,1-2H3,(H,23,27)(H,25,28). The van der Waals surface area contributed by atoms with Crippen molar-refractivity contribution in [3.05, 3.63) is 45.9 Å². The Morgan fingerprint density at radius 1 is 1.17 bits per heavy atom. The Labute approximate surface area is 171 Å². The molecule has 6 nitrogen and oxygen atoms in total. The Morgan fingerprint density at radius 3 is 2.55 bits per heavy atom. The van der Waals surface area contributed by atoms with Crippen LogP contribution in [0.5, 0.6) is 0 Å². The first-order valence-electron chi connectivity index (χ1n) is 9.21. The zero-order chi connectivity index (χ0) is 21.4. The van der Waals surface area contributed by atoms with Crippen LogP contribution in [0.4, 0.5) is 23.7 Å². The summed E-state index contributed by atoms with van der Waals surface area (Å²) in [6.07, 6.45) is -3.16. The summed E-state index contributed by atoms with van der Waals surface area (Å²) in [6.45, 7) is 4.76. The summed E-state index contributed by atoms with van der Waals surface area (Å²) < 4.78 is 39.5. The maximum absolute atomic E-state index is 13.2. The third-order valence-corrected chi connectivity index (χ3v) is 4.73.